The highest BCUT2D eigenvalue weighted by atomic mass is 79.9. The lowest BCUT2D eigenvalue weighted by Crippen LogP contribution is -2.12. The monoisotopic (exact) mass is 553 g/mol. The van der Waals surface area contributed by atoms with Gasteiger partial charge >= 0.3 is 0 Å². The summed E-state index contributed by atoms with van der Waals surface area (Å²) in [7, 11) is 0. The Kier molecular flexibility index (Phi) is 6.71. The topological polar surface area (TPSA) is 138 Å². The first-order chi connectivity index (χ1) is 14.7. The Labute approximate surface area is 191 Å². The first kappa shape index (κ1) is 22.4. The predicted molar refractivity (Wildman–Crippen MR) is 117 cm³/mol. The van der Waals surface area contributed by atoms with Crippen molar-refractivity contribution in [2.45, 2.75) is 13.5 Å². The number of aryl methyl sites for hydroxylation is 1. The second-order valence-electron chi connectivity index (χ2n) is 6.26. The van der Waals surface area contributed by atoms with Gasteiger partial charge in [0.25, 0.3) is 17.3 Å². The Balaban J connectivity index is 1.67. The molecule has 3 aromatic rings. The zero-order valence-corrected chi connectivity index (χ0v) is 18.9. The normalized spacial score (nSPS) is 10.5. The lowest BCUT2D eigenvalue weighted by molar-refractivity contribution is -0.385. The summed E-state index contributed by atoms with van der Waals surface area (Å²) in [6, 6.07) is 9.94. The van der Waals surface area contributed by atoms with Gasteiger partial charge in [-0.25, -0.2) is 0 Å². The first-order valence-corrected chi connectivity index (χ1v) is 10.2. The average Bonchev–Trinajstić information content (AvgIpc) is 3.17. The molecule has 0 bridgehead atoms. The molecule has 31 heavy (non-hydrogen) atoms. The molecular weight excluding hydrogens is 542 g/mol. The van der Waals surface area contributed by atoms with E-state index in [9.17, 15) is 25.0 Å². The first-order valence-electron chi connectivity index (χ1n) is 8.57. The highest BCUT2D eigenvalue weighted by Gasteiger charge is 2.19. The lowest BCUT2D eigenvalue weighted by atomic mass is 10.2. The van der Waals surface area contributed by atoms with E-state index in [1.807, 2.05) is 0 Å². The molecule has 2 aromatic carbocycles. The third kappa shape index (κ3) is 5.27. The second kappa shape index (κ2) is 9.27. The zero-order chi connectivity index (χ0) is 22.7. The number of non-ortho nitro benzene ring substituents is 1. The van der Waals surface area contributed by atoms with E-state index in [4.69, 9.17) is 9.15 Å². The summed E-state index contributed by atoms with van der Waals surface area (Å²) in [4.78, 5) is 33.2. The Bertz CT molecular complexity index is 1170. The van der Waals surface area contributed by atoms with Crippen LogP contribution in [0.3, 0.4) is 0 Å². The summed E-state index contributed by atoms with van der Waals surface area (Å²) in [6.45, 7) is 1.62. The zero-order valence-electron chi connectivity index (χ0n) is 15.8. The molecule has 0 aliphatic carbocycles. The van der Waals surface area contributed by atoms with Crippen LogP contribution in [0.4, 0.5) is 17.1 Å². The quantitative estimate of drug-likeness (QED) is 0.289. The fourth-order valence-corrected chi connectivity index (χ4v) is 3.97. The SMILES string of the molecule is Cc1cc(OCc2ccc(C(=O)Nc3c(Br)cc([N+](=O)[O-])cc3Br)o2)ccc1[N+](=O)[O-]. The van der Waals surface area contributed by atoms with Gasteiger partial charge in [-0.3, -0.25) is 25.0 Å². The van der Waals surface area contributed by atoms with E-state index in [1.54, 1.807) is 19.1 Å². The molecule has 0 saturated heterocycles. The molecule has 12 heteroatoms. The number of rotatable bonds is 7. The molecule has 0 unspecified atom stereocenters. The van der Waals surface area contributed by atoms with Gasteiger partial charge < -0.3 is 14.5 Å². The number of hydrogen-bond donors (Lipinski definition) is 1. The Morgan fingerprint density at radius 1 is 1.06 bits per heavy atom. The number of nitro groups is 2. The van der Waals surface area contributed by atoms with Crippen molar-refractivity contribution in [1.29, 1.82) is 0 Å². The highest BCUT2D eigenvalue weighted by Crippen LogP contribution is 2.35. The molecule has 0 saturated carbocycles. The molecule has 0 radical (unpaired) electrons. The number of benzene rings is 2. The van der Waals surface area contributed by atoms with Crippen LogP contribution in [0.1, 0.15) is 21.9 Å². The molecule has 1 heterocycles. The summed E-state index contributed by atoms with van der Waals surface area (Å²) in [5.41, 5.74) is 0.621. The van der Waals surface area contributed by atoms with Crippen LogP contribution in [-0.2, 0) is 6.61 Å². The molecule has 160 valence electrons. The number of halogens is 2. The standard InChI is InChI=1S/C19H13Br2N3O7/c1-10-6-12(2-4-16(10)24(28)29)30-9-13-3-5-17(31-13)19(25)22-18-14(20)7-11(23(26)27)8-15(18)21/h2-8H,9H2,1H3,(H,22,25). The molecule has 0 aliphatic heterocycles. The Morgan fingerprint density at radius 2 is 1.74 bits per heavy atom. The maximum absolute atomic E-state index is 12.5. The van der Waals surface area contributed by atoms with E-state index in [1.165, 1.54) is 30.3 Å². The van der Waals surface area contributed by atoms with Crippen molar-refractivity contribution in [1.82, 2.24) is 0 Å². The maximum atomic E-state index is 12.5. The van der Waals surface area contributed by atoms with Crippen molar-refractivity contribution >= 4 is 54.8 Å². The molecule has 10 nitrogen and oxygen atoms in total. The van der Waals surface area contributed by atoms with Gasteiger partial charge in [-0.2, -0.15) is 0 Å². The number of nitrogens with zero attached hydrogens (tertiary/aromatic N) is 2. The van der Waals surface area contributed by atoms with Gasteiger partial charge in [0.1, 0.15) is 18.1 Å². The summed E-state index contributed by atoms with van der Waals surface area (Å²) < 4.78 is 11.7. The number of anilines is 1. The van der Waals surface area contributed by atoms with Crippen LogP contribution in [0.25, 0.3) is 0 Å². The number of carbonyl (C=O) groups is 1. The number of nitro benzene ring substituents is 2. The number of amides is 1. The molecule has 1 N–H and O–H groups in total. The minimum Gasteiger partial charge on any atom is -0.486 e. The molecule has 1 aromatic heterocycles. The van der Waals surface area contributed by atoms with Crippen molar-refractivity contribution in [2.24, 2.45) is 0 Å². The molecular formula is C19H13Br2N3O7. The van der Waals surface area contributed by atoms with Crippen molar-refractivity contribution in [3.8, 4) is 5.75 Å². The number of nitrogens with one attached hydrogen (secondary N) is 1. The predicted octanol–water partition coefficient (Wildman–Crippen LogP) is 5.76. The number of ether oxygens (including phenoxy) is 1. The van der Waals surface area contributed by atoms with Gasteiger partial charge in [0, 0.05) is 32.7 Å². The van der Waals surface area contributed by atoms with Gasteiger partial charge in [-0.1, -0.05) is 0 Å². The number of carbonyl (C=O) groups excluding carboxylic acids is 1. The van der Waals surface area contributed by atoms with Crippen LogP contribution in [0.15, 0.2) is 55.8 Å². The van der Waals surface area contributed by atoms with Gasteiger partial charge in [-0.05, 0) is 63.0 Å². The van der Waals surface area contributed by atoms with Crippen LogP contribution in [0.2, 0.25) is 0 Å². The summed E-state index contributed by atoms with van der Waals surface area (Å²) in [6.07, 6.45) is 0. The van der Waals surface area contributed by atoms with Crippen LogP contribution >= 0.6 is 31.9 Å². The van der Waals surface area contributed by atoms with Gasteiger partial charge in [0.15, 0.2) is 5.76 Å². The van der Waals surface area contributed by atoms with Gasteiger partial charge in [0.2, 0.25) is 0 Å². The highest BCUT2D eigenvalue weighted by molar-refractivity contribution is 9.11. The van der Waals surface area contributed by atoms with E-state index in [0.717, 1.165) is 0 Å². The molecule has 0 atom stereocenters. The lowest BCUT2D eigenvalue weighted by Gasteiger charge is -2.08. The van der Waals surface area contributed by atoms with Crippen LogP contribution < -0.4 is 10.1 Å². The largest absolute Gasteiger partial charge is 0.486 e. The summed E-state index contributed by atoms with van der Waals surface area (Å²) in [5.74, 6) is 0.232. The maximum Gasteiger partial charge on any atom is 0.291 e. The molecule has 0 aliphatic rings. The average molecular weight is 555 g/mol. The molecule has 0 fully saturated rings. The van der Waals surface area contributed by atoms with Crippen LogP contribution in [0.5, 0.6) is 5.75 Å². The van der Waals surface area contributed by atoms with Crippen molar-refractivity contribution < 1.29 is 23.8 Å². The minimum atomic E-state index is -0.562. The smallest absolute Gasteiger partial charge is 0.291 e. The van der Waals surface area contributed by atoms with E-state index < -0.39 is 15.8 Å². The van der Waals surface area contributed by atoms with E-state index in [-0.39, 0.29) is 23.7 Å². The van der Waals surface area contributed by atoms with Crippen molar-refractivity contribution in [3.63, 3.8) is 0 Å². The third-order valence-electron chi connectivity index (χ3n) is 4.11. The van der Waals surface area contributed by atoms with Gasteiger partial charge in [-0.15, -0.1) is 0 Å². The number of furan rings is 1. The molecule has 0 spiro atoms. The minimum absolute atomic E-state index is 0.00660. The fourth-order valence-electron chi connectivity index (χ4n) is 2.61. The Morgan fingerprint density at radius 3 is 2.32 bits per heavy atom. The Hall–Kier alpha value is -3.25. The van der Waals surface area contributed by atoms with Gasteiger partial charge in [0.05, 0.1) is 15.5 Å². The molecule has 1 amide bonds. The second-order valence-corrected chi connectivity index (χ2v) is 7.96. The van der Waals surface area contributed by atoms with Crippen LogP contribution in [0, 0.1) is 27.2 Å². The van der Waals surface area contributed by atoms with E-state index >= 15 is 0 Å². The summed E-state index contributed by atoms with van der Waals surface area (Å²) >= 11 is 6.40. The van der Waals surface area contributed by atoms with Crippen molar-refractivity contribution in [2.75, 3.05) is 5.32 Å². The number of hydrogen-bond acceptors (Lipinski definition) is 7. The van der Waals surface area contributed by atoms with Crippen molar-refractivity contribution in [3.05, 3.63) is 88.7 Å². The summed E-state index contributed by atoms with van der Waals surface area (Å²) in [5, 5.41) is 24.4. The van der Waals surface area contributed by atoms with E-state index in [0.29, 0.717) is 31.7 Å². The third-order valence-corrected chi connectivity index (χ3v) is 5.36. The fraction of sp³-hybridized carbons (Fsp3) is 0.105. The van der Waals surface area contributed by atoms with Crippen LogP contribution in [-0.4, -0.2) is 15.8 Å². The molecule has 3 rings (SSSR count). The van der Waals surface area contributed by atoms with E-state index in [2.05, 4.69) is 37.2 Å².